The first kappa shape index (κ1) is 12.0. The lowest BCUT2D eigenvalue weighted by Crippen LogP contribution is -1.96. The fourth-order valence-corrected chi connectivity index (χ4v) is 1.69. The number of rotatable bonds is 4. The number of aromatic nitrogens is 2. The standard InChI is InChI=1S/C11H10BrFN2O2/c1-2-10-14-15-11(17-10)6-16-9-4-7(12)3-8(13)5-9/h3-5H,2,6H2,1H3. The van der Waals surface area contributed by atoms with Crippen LogP contribution < -0.4 is 4.74 Å². The average Bonchev–Trinajstić information content (AvgIpc) is 2.73. The van der Waals surface area contributed by atoms with Crippen LogP contribution in [0.2, 0.25) is 0 Å². The van der Waals surface area contributed by atoms with Gasteiger partial charge in [0, 0.05) is 17.0 Å². The molecule has 6 heteroatoms. The van der Waals surface area contributed by atoms with E-state index in [1.54, 1.807) is 6.07 Å². The molecule has 0 aliphatic rings. The molecular weight excluding hydrogens is 291 g/mol. The summed E-state index contributed by atoms with van der Waals surface area (Å²) in [6.45, 7) is 2.05. The molecule has 1 heterocycles. The summed E-state index contributed by atoms with van der Waals surface area (Å²) in [5.41, 5.74) is 0. The third-order valence-electron chi connectivity index (χ3n) is 2.01. The number of aryl methyl sites for hydroxylation is 1. The van der Waals surface area contributed by atoms with Gasteiger partial charge in [0.05, 0.1) is 0 Å². The fourth-order valence-electron chi connectivity index (χ4n) is 1.25. The van der Waals surface area contributed by atoms with Crippen molar-refractivity contribution in [2.45, 2.75) is 20.0 Å². The van der Waals surface area contributed by atoms with Crippen LogP contribution in [0.15, 0.2) is 27.1 Å². The van der Waals surface area contributed by atoms with Crippen LogP contribution in [-0.2, 0) is 13.0 Å². The van der Waals surface area contributed by atoms with E-state index in [9.17, 15) is 4.39 Å². The molecule has 0 fully saturated rings. The molecule has 0 N–H and O–H groups in total. The Morgan fingerprint density at radius 1 is 1.29 bits per heavy atom. The highest BCUT2D eigenvalue weighted by atomic mass is 79.9. The highest BCUT2D eigenvalue weighted by Crippen LogP contribution is 2.21. The van der Waals surface area contributed by atoms with E-state index in [-0.39, 0.29) is 12.4 Å². The molecule has 0 radical (unpaired) electrons. The number of hydrogen-bond donors (Lipinski definition) is 0. The summed E-state index contributed by atoms with van der Waals surface area (Å²) >= 11 is 3.18. The molecule has 1 aromatic carbocycles. The summed E-state index contributed by atoms with van der Waals surface area (Å²) in [4.78, 5) is 0. The third-order valence-corrected chi connectivity index (χ3v) is 2.47. The van der Waals surface area contributed by atoms with E-state index in [1.807, 2.05) is 6.92 Å². The Morgan fingerprint density at radius 3 is 2.71 bits per heavy atom. The molecule has 2 aromatic rings. The van der Waals surface area contributed by atoms with E-state index in [0.29, 0.717) is 28.4 Å². The number of hydrogen-bond acceptors (Lipinski definition) is 4. The van der Waals surface area contributed by atoms with E-state index >= 15 is 0 Å². The normalized spacial score (nSPS) is 10.5. The summed E-state index contributed by atoms with van der Waals surface area (Å²) < 4.78 is 24.3. The zero-order valence-corrected chi connectivity index (χ0v) is 10.7. The van der Waals surface area contributed by atoms with Crippen LogP contribution in [0.5, 0.6) is 5.75 Å². The van der Waals surface area contributed by atoms with Gasteiger partial charge in [-0.1, -0.05) is 22.9 Å². The largest absolute Gasteiger partial charge is 0.484 e. The van der Waals surface area contributed by atoms with Gasteiger partial charge in [0.25, 0.3) is 5.89 Å². The molecule has 90 valence electrons. The van der Waals surface area contributed by atoms with Crippen LogP contribution in [0.3, 0.4) is 0 Å². The zero-order valence-electron chi connectivity index (χ0n) is 9.11. The Morgan fingerprint density at radius 2 is 2.06 bits per heavy atom. The third kappa shape index (κ3) is 3.26. The lowest BCUT2D eigenvalue weighted by Gasteiger charge is -2.03. The van der Waals surface area contributed by atoms with Crippen molar-refractivity contribution in [3.8, 4) is 5.75 Å². The first-order valence-corrected chi connectivity index (χ1v) is 5.87. The molecule has 0 bridgehead atoms. The average molecular weight is 301 g/mol. The predicted octanol–water partition coefficient (Wildman–Crippen LogP) is 3.11. The first-order valence-electron chi connectivity index (χ1n) is 5.07. The molecule has 0 aliphatic heterocycles. The van der Waals surface area contributed by atoms with Gasteiger partial charge in [0.15, 0.2) is 6.61 Å². The van der Waals surface area contributed by atoms with Gasteiger partial charge in [0.1, 0.15) is 11.6 Å². The topological polar surface area (TPSA) is 48.2 Å². The fraction of sp³-hybridized carbons (Fsp3) is 0.273. The Bertz CT molecular complexity index is 496. The van der Waals surface area contributed by atoms with E-state index < -0.39 is 0 Å². The Kier molecular flexibility index (Phi) is 3.73. The van der Waals surface area contributed by atoms with Crippen LogP contribution in [-0.4, -0.2) is 10.2 Å². The Labute approximate surface area is 106 Å². The number of nitrogens with zero attached hydrogens (tertiary/aromatic N) is 2. The van der Waals surface area contributed by atoms with E-state index in [4.69, 9.17) is 9.15 Å². The summed E-state index contributed by atoms with van der Waals surface area (Å²) in [6, 6.07) is 4.32. The van der Waals surface area contributed by atoms with Crippen LogP contribution in [0, 0.1) is 5.82 Å². The van der Waals surface area contributed by atoms with Crippen molar-refractivity contribution in [2.75, 3.05) is 0 Å². The van der Waals surface area contributed by atoms with Crippen molar-refractivity contribution >= 4 is 15.9 Å². The highest BCUT2D eigenvalue weighted by Gasteiger charge is 2.06. The van der Waals surface area contributed by atoms with Crippen molar-refractivity contribution in [2.24, 2.45) is 0 Å². The molecule has 0 saturated heterocycles. The van der Waals surface area contributed by atoms with Gasteiger partial charge in [-0.3, -0.25) is 0 Å². The van der Waals surface area contributed by atoms with Crippen LogP contribution in [0.1, 0.15) is 18.7 Å². The number of benzene rings is 1. The molecule has 0 saturated carbocycles. The first-order chi connectivity index (χ1) is 8.17. The Balaban J connectivity index is 2.01. The van der Waals surface area contributed by atoms with Crippen LogP contribution >= 0.6 is 15.9 Å². The smallest absolute Gasteiger partial charge is 0.253 e. The summed E-state index contributed by atoms with van der Waals surface area (Å²) in [5.74, 6) is 0.980. The minimum absolute atomic E-state index is 0.128. The van der Waals surface area contributed by atoms with Gasteiger partial charge in [0.2, 0.25) is 5.89 Å². The lowest BCUT2D eigenvalue weighted by atomic mass is 10.3. The van der Waals surface area contributed by atoms with Crippen molar-refractivity contribution in [3.63, 3.8) is 0 Å². The maximum absolute atomic E-state index is 13.1. The quantitative estimate of drug-likeness (QED) is 0.870. The van der Waals surface area contributed by atoms with E-state index in [0.717, 1.165) is 0 Å². The van der Waals surface area contributed by atoms with Crippen LogP contribution in [0.25, 0.3) is 0 Å². The van der Waals surface area contributed by atoms with Gasteiger partial charge in [-0.15, -0.1) is 10.2 Å². The molecule has 0 unspecified atom stereocenters. The van der Waals surface area contributed by atoms with Crippen molar-refractivity contribution in [3.05, 3.63) is 40.3 Å². The molecule has 17 heavy (non-hydrogen) atoms. The second-order valence-electron chi connectivity index (χ2n) is 3.34. The molecule has 4 nitrogen and oxygen atoms in total. The molecule has 1 aromatic heterocycles. The predicted molar refractivity (Wildman–Crippen MR) is 62.1 cm³/mol. The SMILES string of the molecule is CCc1nnc(COc2cc(F)cc(Br)c2)o1. The second-order valence-corrected chi connectivity index (χ2v) is 4.25. The number of ether oxygens (including phenoxy) is 1. The van der Waals surface area contributed by atoms with Gasteiger partial charge >= 0.3 is 0 Å². The molecule has 0 atom stereocenters. The van der Waals surface area contributed by atoms with Crippen molar-refractivity contribution in [1.82, 2.24) is 10.2 Å². The van der Waals surface area contributed by atoms with Gasteiger partial charge in [-0.25, -0.2) is 4.39 Å². The lowest BCUT2D eigenvalue weighted by molar-refractivity contribution is 0.258. The van der Waals surface area contributed by atoms with Crippen LogP contribution in [0.4, 0.5) is 4.39 Å². The summed E-state index contributed by atoms with van der Waals surface area (Å²) in [6.07, 6.45) is 0.679. The minimum atomic E-state index is -0.367. The molecule has 0 spiro atoms. The van der Waals surface area contributed by atoms with Gasteiger partial charge in [-0.2, -0.15) is 0 Å². The maximum Gasteiger partial charge on any atom is 0.253 e. The van der Waals surface area contributed by atoms with Crippen molar-refractivity contribution < 1.29 is 13.5 Å². The second kappa shape index (κ2) is 5.27. The molecule has 2 rings (SSSR count). The Hall–Kier alpha value is -1.43. The minimum Gasteiger partial charge on any atom is -0.484 e. The van der Waals surface area contributed by atoms with Crippen molar-refractivity contribution in [1.29, 1.82) is 0 Å². The molecular formula is C11H10BrFN2O2. The van der Waals surface area contributed by atoms with E-state index in [2.05, 4.69) is 26.1 Å². The zero-order chi connectivity index (χ0) is 12.3. The monoisotopic (exact) mass is 300 g/mol. The maximum atomic E-state index is 13.1. The highest BCUT2D eigenvalue weighted by molar-refractivity contribution is 9.10. The van der Waals surface area contributed by atoms with E-state index in [1.165, 1.54) is 12.1 Å². The molecule has 0 aliphatic carbocycles. The summed E-state index contributed by atoms with van der Waals surface area (Å²) in [5, 5.41) is 7.60. The number of halogens is 2. The van der Waals surface area contributed by atoms with Gasteiger partial charge < -0.3 is 9.15 Å². The molecule has 0 amide bonds. The summed E-state index contributed by atoms with van der Waals surface area (Å²) in [7, 11) is 0. The van der Waals surface area contributed by atoms with Gasteiger partial charge in [-0.05, 0) is 12.1 Å².